The number of hydrogen-bond acceptors (Lipinski definition) is 6. The van der Waals surface area contributed by atoms with Crippen LogP contribution < -0.4 is 14.8 Å². The number of carbonyl (C=O) groups excluding carboxylic acids is 1. The zero-order valence-corrected chi connectivity index (χ0v) is 16.6. The zero-order valence-electron chi connectivity index (χ0n) is 15.8. The highest BCUT2D eigenvalue weighted by molar-refractivity contribution is 7.90. The second-order valence-electron chi connectivity index (χ2n) is 6.45. The summed E-state index contributed by atoms with van der Waals surface area (Å²) in [5, 5.41) is 2.73. The van der Waals surface area contributed by atoms with Gasteiger partial charge < -0.3 is 10.1 Å². The fourth-order valence-corrected chi connectivity index (χ4v) is 4.16. The third-order valence-corrected chi connectivity index (χ3v) is 5.67. The first-order valence-corrected chi connectivity index (χ1v) is 10.6. The summed E-state index contributed by atoms with van der Waals surface area (Å²) in [4.78, 5) is 20.8. The number of nitrogens with zero attached hydrogens (tertiary/aromatic N) is 2. The van der Waals surface area contributed by atoms with Crippen molar-refractivity contribution in [2.75, 3.05) is 11.9 Å². The Kier molecular flexibility index (Phi) is 5.44. The minimum Gasteiger partial charge on any atom is -0.487 e. The summed E-state index contributed by atoms with van der Waals surface area (Å²) in [6.45, 7) is 0.0800. The fourth-order valence-electron chi connectivity index (χ4n) is 2.91. The van der Waals surface area contributed by atoms with Crippen molar-refractivity contribution in [3.05, 3.63) is 84.2 Å². The van der Waals surface area contributed by atoms with E-state index in [9.17, 15) is 13.2 Å². The summed E-state index contributed by atoms with van der Waals surface area (Å²) in [6.07, 6.45) is 1.69. The number of nitrogens with one attached hydrogen (secondary N) is 2. The van der Waals surface area contributed by atoms with Crippen LogP contribution in [0.4, 0.5) is 5.69 Å². The Balaban J connectivity index is 1.38. The van der Waals surface area contributed by atoms with Gasteiger partial charge in [0.1, 0.15) is 24.7 Å². The summed E-state index contributed by atoms with van der Waals surface area (Å²) in [7, 11) is -3.63. The van der Waals surface area contributed by atoms with Gasteiger partial charge in [0, 0.05) is 23.5 Å². The lowest BCUT2D eigenvalue weighted by molar-refractivity contribution is -0.114. The molecule has 4 rings (SSSR count). The highest BCUT2D eigenvalue weighted by Crippen LogP contribution is 2.22. The summed E-state index contributed by atoms with van der Waals surface area (Å²) < 4.78 is 32.3. The van der Waals surface area contributed by atoms with E-state index in [-0.39, 0.29) is 23.2 Å². The summed E-state index contributed by atoms with van der Waals surface area (Å²) in [6, 6.07) is 19.0. The number of benzene rings is 2. The quantitative estimate of drug-likeness (QED) is 0.634. The SMILES string of the molecule is O=C(CN=C1NS(=O)(=O)c2ccccc21)Nc1cccc(OCc2ccccn2)c1. The van der Waals surface area contributed by atoms with Crippen molar-refractivity contribution in [3.8, 4) is 5.75 Å². The number of ether oxygens (including phenoxy) is 1. The number of hydrogen-bond donors (Lipinski definition) is 2. The Morgan fingerprint density at radius 2 is 1.90 bits per heavy atom. The lowest BCUT2D eigenvalue weighted by atomic mass is 10.2. The van der Waals surface area contributed by atoms with Crippen LogP contribution in [0.5, 0.6) is 5.75 Å². The van der Waals surface area contributed by atoms with E-state index in [1.807, 2.05) is 18.2 Å². The van der Waals surface area contributed by atoms with Gasteiger partial charge >= 0.3 is 0 Å². The van der Waals surface area contributed by atoms with Crippen molar-refractivity contribution >= 4 is 27.5 Å². The summed E-state index contributed by atoms with van der Waals surface area (Å²) in [5.41, 5.74) is 1.79. The molecule has 152 valence electrons. The molecule has 0 fully saturated rings. The van der Waals surface area contributed by atoms with Crippen LogP contribution in [0, 0.1) is 0 Å². The lowest BCUT2D eigenvalue weighted by Crippen LogP contribution is -2.24. The molecule has 8 nitrogen and oxygen atoms in total. The maximum Gasteiger partial charge on any atom is 0.263 e. The van der Waals surface area contributed by atoms with Crippen LogP contribution in [0.3, 0.4) is 0 Å². The number of sulfonamides is 1. The molecule has 30 heavy (non-hydrogen) atoms. The normalized spacial score (nSPS) is 15.3. The van der Waals surface area contributed by atoms with Gasteiger partial charge in [-0.05, 0) is 36.4 Å². The number of aliphatic imine (C=N–C) groups is 1. The molecule has 1 aromatic heterocycles. The van der Waals surface area contributed by atoms with Crippen molar-refractivity contribution in [3.63, 3.8) is 0 Å². The van der Waals surface area contributed by atoms with Gasteiger partial charge in [0.05, 0.1) is 10.6 Å². The van der Waals surface area contributed by atoms with Crippen LogP contribution in [-0.2, 0) is 21.4 Å². The molecular weight excluding hydrogens is 404 g/mol. The molecule has 0 saturated carbocycles. The largest absolute Gasteiger partial charge is 0.487 e. The highest BCUT2D eigenvalue weighted by atomic mass is 32.2. The molecule has 0 bridgehead atoms. The van der Waals surface area contributed by atoms with E-state index < -0.39 is 10.0 Å². The van der Waals surface area contributed by atoms with Crippen molar-refractivity contribution in [2.45, 2.75) is 11.5 Å². The molecule has 1 aliphatic rings. The second-order valence-corrected chi connectivity index (χ2v) is 8.10. The van der Waals surface area contributed by atoms with E-state index in [1.165, 1.54) is 6.07 Å². The van der Waals surface area contributed by atoms with Crippen LogP contribution >= 0.6 is 0 Å². The van der Waals surface area contributed by atoms with Crippen LogP contribution in [0.25, 0.3) is 0 Å². The molecule has 0 saturated heterocycles. The molecule has 1 aliphatic heterocycles. The number of aromatic nitrogens is 1. The third kappa shape index (κ3) is 4.47. The van der Waals surface area contributed by atoms with Gasteiger partial charge in [0.2, 0.25) is 5.91 Å². The monoisotopic (exact) mass is 422 g/mol. The minimum absolute atomic E-state index is 0.155. The first-order chi connectivity index (χ1) is 14.5. The Morgan fingerprint density at radius 3 is 2.73 bits per heavy atom. The Hall–Kier alpha value is -3.72. The van der Waals surface area contributed by atoms with E-state index in [4.69, 9.17) is 4.74 Å². The molecule has 2 aromatic carbocycles. The van der Waals surface area contributed by atoms with E-state index in [1.54, 1.807) is 48.7 Å². The number of anilines is 1. The Labute approximate surface area is 173 Å². The van der Waals surface area contributed by atoms with Crippen LogP contribution in [0.1, 0.15) is 11.3 Å². The van der Waals surface area contributed by atoms with Gasteiger partial charge in [-0.25, -0.2) is 8.42 Å². The van der Waals surface area contributed by atoms with E-state index in [0.717, 1.165) is 5.69 Å². The molecule has 2 N–H and O–H groups in total. The van der Waals surface area contributed by atoms with Crippen molar-refractivity contribution < 1.29 is 17.9 Å². The maximum absolute atomic E-state index is 12.3. The van der Waals surface area contributed by atoms with Gasteiger partial charge in [-0.1, -0.05) is 24.3 Å². The Bertz CT molecular complexity index is 1210. The average molecular weight is 422 g/mol. The Morgan fingerprint density at radius 1 is 1.07 bits per heavy atom. The fraction of sp³-hybridized carbons (Fsp3) is 0.0952. The molecule has 0 unspecified atom stereocenters. The van der Waals surface area contributed by atoms with Crippen LogP contribution in [0.2, 0.25) is 0 Å². The average Bonchev–Trinajstić information content (AvgIpc) is 3.02. The van der Waals surface area contributed by atoms with Gasteiger partial charge in [0.25, 0.3) is 10.0 Å². The standard InChI is InChI=1S/C21H18N4O4S/c26-20(13-23-21-18-9-1-2-10-19(18)30(27,28)25-21)24-15-7-5-8-17(12-15)29-14-16-6-3-4-11-22-16/h1-12H,13-14H2,(H,23,25)(H,24,26). The highest BCUT2D eigenvalue weighted by Gasteiger charge is 2.30. The van der Waals surface area contributed by atoms with E-state index in [0.29, 0.717) is 23.6 Å². The number of carbonyl (C=O) groups is 1. The van der Waals surface area contributed by atoms with E-state index in [2.05, 4.69) is 20.0 Å². The molecule has 9 heteroatoms. The lowest BCUT2D eigenvalue weighted by Gasteiger charge is -2.08. The molecule has 0 aliphatic carbocycles. The van der Waals surface area contributed by atoms with Crippen LogP contribution in [0.15, 0.2) is 82.8 Å². The predicted octanol–water partition coefficient (Wildman–Crippen LogP) is 2.34. The summed E-state index contributed by atoms with van der Waals surface area (Å²) >= 11 is 0. The number of amides is 1. The molecule has 0 radical (unpaired) electrons. The first kappa shape index (κ1) is 19.6. The molecule has 0 spiro atoms. The van der Waals surface area contributed by atoms with Crippen molar-refractivity contribution in [2.24, 2.45) is 4.99 Å². The van der Waals surface area contributed by atoms with Gasteiger partial charge in [-0.3, -0.25) is 19.5 Å². The van der Waals surface area contributed by atoms with Crippen molar-refractivity contribution in [1.29, 1.82) is 0 Å². The molecular formula is C21H18N4O4S. The maximum atomic E-state index is 12.3. The summed E-state index contributed by atoms with van der Waals surface area (Å²) in [5.74, 6) is 0.364. The zero-order chi connectivity index (χ0) is 21.0. The smallest absolute Gasteiger partial charge is 0.263 e. The van der Waals surface area contributed by atoms with E-state index >= 15 is 0 Å². The number of rotatable bonds is 6. The van der Waals surface area contributed by atoms with Gasteiger partial charge in [-0.2, -0.15) is 0 Å². The van der Waals surface area contributed by atoms with Gasteiger partial charge in [-0.15, -0.1) is 0 Å². The van der Waals surface area contributed by atoms with Crippen LogP contribution in [-0.4, -0.2) is 31.7 Å². The molecule has 2 heterocycles. The molecule has 3 aromatic rings. The minimum atomic E-state index is -3.63. The third-order valence-electron chi connectivity index (χ3n) is 4.27. The number of pyridine rings is 1. The molecule has 0 atom stereocenters. The second kappa shape index (κ2) is 8.34. The van der Waals surface area contributed by atoms with Gasteiger partial charge in [0.15, 0.2) is 0 Å². The number of fused-ring (bicyclic) bond motifs is 1. The molecule has 1 amide bonds. The van der Waals surface area contributed by atoms with Crippen molar-refractivity contribution in [1.82, 2.24) is 9.71 Å². The number of amidine groups is 1. The predicted molar refractivity (Wildman–Crippen MR) is 112 cm³/mol. The first-order valence-electron chi connectivity index (χ1n) is 9.10. The topological polar surface area (TPSA) is 110 Å².